The van der Waals surface area contributed by atoms with Crippen LogP contribution in [0.25, 0.3) is 0 Å². The summed E-state index contributed by atoms with van der Waals surface area (Å²) in [4.78, 5) is 0. The smallest absolute Gasteiger partial charge is 0.115 e. The summed E-state index contributed by atoms with van der Waals surface area (Å²) < 4.78 is 0. The molecule has 0 heterocycles. The van der Waals surface area contributed by atoms with Crippen LogP contribution in [0.15, 0.2) is 24.3 Å². The van der Waals surface area contributed by atoms with E-state index in [4.69, 9.17) is 0 Å². The van der Waals surface area contributed by atoms with Crippen molar-refractivity contribution in [2.45, 2.75) is 77.0 Å². The van der Waals surface area contributed by atoms with Crippen molar-refractivity contribution in [3.05, 3.63) is 29.8 Å². The molecule has 2 saturated carbocycles. The zero-order valence-electron chi connectivity index (χ0n) is 14.1. The largest absolute Gasteiger partial charge is 0.508 e. The van der Waals surface area contributed by atoms with Gasteiger partial charge in [0.25, 0.3) is 0 Å². The molecule has 2 aliphatic rings. The summed E-state index contributed by atoms with van der Waals surface area (Å²) in [7, 11) is 0. The van der Waals surface area contributed by atoms with Crippen molar-refractivity contribution in [2.24, 2.45) is 17.8 Å². The molecule has 0 atom stereocenters. The first-order valence-electron chi connectivity index (χ1n) is 9.55. The van der Waals surface area contributed by atoms with Crippen LogP contribution in [0.4, 0.5) is 0 Å². The van der Waals surface area contributed by atoms with Crippen LogP contribution >= 0.6 is 0 Å². The fourth-order valence-electron chi connectivity index (χ4n) is 5.03. The summed E-state index contributed by atoms with van der Waals surface area (Å²) in [6.45, 7) is 2.33. The summed E-state index contributed by atoms with van der Waals surface area (Å²) in [5, 5.41) is 9.43. The van der Waals surface area contributed by atoms with Gasteiger partial charge in [0.15, 0.2) is 0 Å². The van der Waals surface area contributed by atoms with Crippen molar-refractivity contribution >= 4 is 0 Å². The summed E-state index contributed by atoms with van der Waals surface area (Å²) >= 11 is 0. The van der Waals surface area contributed by atoms with Crippen molar-refractivity contribution in [1.82, 2.24) is 0 Å². The zero-order chi connectivity index (χ0) is 15.4. The van der Waals surface area contributed by atoms with Gasteiger partial charge in [-0.25, -0.2) is 0 Å². The van der Waals surface area contributed by atoms with Gasteiger partial charge < -0.3 is 5.11 Å². The topological polar surface area (TPSA) is 20.2 Å². The molecule has 0 aliphatic heterocycles. The van der Waals surface area contributed by atoms with Crippen molar-refractivity contribution in [1.29, 1.82) is 0 Å². The van der Waals surface area contributed by atoms with Gasteiger partial charge in [-0.2, -0.15) is 0 Å². The Hall–Kier alpha value is -0.980. The average Bonchev–Trinajstić information content (AvgIpc) is 2.57. The van der Waals surface area contributed by atoms with Crippen LogP contribution in [0.2, 0.25) is 0 Å². The van der Waals surface area contributed by atoms with E-state index in [1.807, 2.05) is 12.1 Å². The summed E-state index contributed by atoms with van der Waals surface area (Å²) in [5.41, 5.74) is 1.43. The van der Waals surface area contributed by atoms with Gasteiger partial charge in [0, 0.05) is 0 Å². The minimum atomic E-state index is 0.390. The van der Waals surface area contributed by atoms with Crippen LogP contribution < -0.4 is 0 Å². The number of benzene rings is 1. The Bertz CT molecular complexity index is 433. The first-order valence-corrected chi connectivity index (χ1v) is 9.55. The molecular formula is C21H32O. The monoisotopic (exact) mass is 300 g/mol. The lowest BCUT2D eigenvalue weighted by molar-refractivity contribution is 0.156. The maximum atomic E-state index is 9.43. The Labute approximate surface area is 136 Å². The lowest BCUT2D eigenvalue weighted by Gasteiger charge is -2.38. The van der Waals surface area contributed by atoms with Crippen LogP contribution in [0.3, 0.4) is 0 Å². The van der Waals surface area contributed by atoms with Crippen LogP contribution in [-0.2, 0) is 0 Å². The maximum absolute atomic E-state index is 9.43. The minimum absolute atomic E-state index is 0.390. The number of phenols is 1. The molecule has 0 bridgehead atoms. The number of rotatable bonds is 4. The summed E-state index contributed by atoms with van der Waals surface area (Å²) in [6.07, 6.45) is 14.4. The molecule has 2 aliphatic carbocycles. The molecule has 0 radical (unpaired) electrons. The first kappa shape index (κ1) is 15.9. The molecule has 2 fully saturated rings. The van der Waals surface area contributed by atoms with Gasteiger partial charge in [0.2, 0.25) is 0 Å². The van der Waals surface area contributed by atoms with Crippen LogP contribution in [0.5, 0.6) is 5.75 Å². The molecule has 0 saturated heterocycles. The Balaban J connectivity index is 1.47. The number of aromatic hydroxyl groups is 1. The fourth-order valence-corrected chi connectivity index (χ4v) is 5.03. The quantitative estimate of drug-likeness (QED) is 0.694. The van der Waals surface area contributed by atoms with E-state index < -0.39 is 0 Å². The first-order chi connectivity index (χ1) is 10.8. The van der Waals surface area contributed by atoms with E-state index in [0.717, 1.165) is 23.7 Å². The minimum Gasteiger partial charge on any atom is -0.508 e. The van der Waals surface area contributed by atoms with E-state index in [2.05, 4.69) is 19.1 Å². The van der Waals surface area contributed by atoms with Crippen molar-refractivity contribution in [3.8, 4) is 5.75 Å². The predicted molar refractivity (Wildman–Crippen MR) is 93.2 cm³/mol. The zero-order valence-corrected chi connectivity index (χ0v) is 14.1. The molecule has 1 aromatic carbocycles. The maximum Gasteiger partial charge on any atom is 0.115 e. The third-order valence-corrected chi connectivity index (χ3v) is 6.39. The lowest BCUT2D eigenvalue weighted by Crippen LogP contribution is -2.25. The van der Waals surface area contributed by atoms with Gasteiger partial charge in [-0.05, 0) is 79.9 Å². The van der Waals surface area contributed by atoms with E-state index in [9.17, 15) is 5.11 Å². The average molecular weight is 300 g/mol. The molecule has 0 amide bonds. The Morgan fingerprint density at radius 3 is 1.91 bits per heavy atom. The predicted octanol–water partition coefficient (Wildman–Crippen LogP) is 6.27. The molecule has 3 rings (SSSR count). The molecular weight excluding hydrogens is 268 g/mol. The van der Waals surface area contributed by atoms with E-state index in [0.29, 0.717) is 5.75 Å². The van der Waals surface area contributed by atoms with Crippen molar-refractivity contribution < 1.29 is 5.11 Å². The van der Waals surface area contributed by atoms with Gasteiger partial charge in [0.1, 0.15) is 5.75 Å². The van der Waals surface area contributed by atoms with Crippen LogP contribution in [-0.4, -0.2) is 5.11 Å². The van der Waals surface area contributed by atoms with E-state index >= 15 is 0 Å². The number of hydrogen-bond donors (Lipinski definition) is 1. The highest BCUT2D eigenvalue weighted by Gasteiger charge is 2.30. The van der Waals surface area contributed by atoms with Gasteiger partial charge >= 0.3 is 0 Å². The standard InChI is InChI=1S/C21H32O/c1-2-3-16-4-6-17(7-5-16)18-8-10-19(11-9-18)20-12-14-21(22)15-13-20/h12-19,22H,2-11H2,1H3/t16-,17-,18?,19?. The second-order valence-corrected chi connectivity index (χ2v) is 7.77. The van der Waals surface area contributed by atoms with Gasteiger partial charge in [-0.1, -0.05) is 44.7 Å². The van der Waals surface area contributed by atoms with Gasteiger partial charge in [0.05, 0.1) is 0 Å². The second-order valence-electron chi connectivity index (χ2n) is 7.77. The molecule has 1 N–H and O–H groups in total. The van der Waals surface area contributed by atoms with Crippen molar-refractivity contribution in [3.63, 3.8) is 0 Å². The third kappa shape index (κ3) is 3.86. The highest BCUT2D eigenvalue weighted by atomic mass is 16.3. The molecule has 0 unspecified atom stereocenters. The molecule has 1 nitrogen and oxygen atoms in total. The Morgan fingerprint density at radius 2 is 1.36 bits per heavy atom. The fraction of sp³-hybridized carbons (Fsp3) is 0.714. The SMILES string of the molecule is CCC[C@H]1CC[C@H](C2CCC(c3ccc(O)cc3)CC2)CC1. The van der Waals surface area contributed by atoms with Crippen LogP contribution in [0.1, 0.15) is 82.6 Å². The molecule has 0 aromatic heterocycles. The highest BCUT2D eigenvalue weighted by Crippen LogP contribution is 2.44. The second kappa shape index (κ2) is 7.53. The highest BCUT2D eigenvalue weighted by molar-refractivity contribution is 5.28. The van der Waals surface area contributed by atoms with Gasteiger partial charge in [-0.3, -0.25) is 0 Å². The van der Waals surface area contributed by atoms with E-state index in [-0.39, 0.29) is 0 Å². The van der Waals surface area contributed by atoms with Crippen LogP contribution in [0, 0.1) is 17.8 Å². The summed E-state index contributed by atoms with van der Waals surface area (Å²) in [5.74, 6) is 4.17. The number of hydrogen-bond acceptors (Lipinski definition) is 1. The molecule has 1 aromatic rings. The Morgan fingerprint density at radius 1 is 0.818 bits per heavy atom. The normalized spacial score (nSPS) is 32.8. The number of phenolic OH excluding ortho intramolecular Hbond substituents is 1. The molecule has 122 valence electrons. The summed E-state index contributed by atoms with van der Waals surface area (Å²) in [6, 6.07) is 7.93. The van der Waals surface area contributed by atoms with E-state index in [1.165, 1.54) is 69.8 Å². The van der Waals surface area contributed by atoms with Gasteiger partial charge in [-0.15, -0.1) is 0 Å². The third-order valence-electron chi connectivity index (χ3n) is 6.39. The van der Waals surface area contributed by atoms with E-state index in [1.54, 1.807) is 0 Å². The Kier molecular flexibility index (Phi) is 5.44. The lowest BCUT2D eigenvalue weighted by atomic mass is 9.68. The molecule has 0 spiro atoms. The van der Waals surface area contributed by atoms with Crippen molar-refractivity contribution in [2.75, 3.05) is 0 Å². The molecule has 1 heteroatoms. The molecule has 22 heavy (non-hydrogen) atoms.